The van der Waals surface area contributed by atoms with E-state index in [-0.39, 0.29) is 0 Å². The summed E-state index contributed by atoms with van der Waals surface area (Å²) < 4.78 is 5.94. The molecule has 5 heteroatoms. The van der Waals surface area contributed by atoms with Gasteiger partial charge in [0.25, 0.3) is 0 Å². The number of alkyl halides is 1. The van der Waals surface area contributed by atoms with Crippen LogP contribution in [0.2, 0.25) is 0 Å². The molecule has 19 heavy (non-hydrogen) atoms. The number of morpholine rings is 1. The Morgan fingerprint density at radius 2 is 2.37 bits per heavy atom. The van der Waals surface area contributed by atoms with E-state index in [1.807, 2.05) is 0 Å². The molecule has 3 unspecified atom stereocenters. The summed E-state index contributed by atoms with van der Waals surface area (Å²) in [7, 11) is 0. The van der Waals surface area contributed by atoms with Crippen LogP contribution in [0.15, 0.2) is 5.38 Å². The van der Waals surface area contributed by atoms with Crippen molar-refractivity contribution in [2.75, 3.05) is 13.2 Å². The fourth-order valence-corrected chi connectivity index (χ4v) is 4.45. The SMILES string of the molecule is CC(c1nc(CCl)cs1)N1CCOC2CCCCC21. The molecule has 1 aromatic rings. The van der Waals surface area contributed by atoms with Gasteiger partial charge in [0.05, 0.1) is 30.3 Å². The van der Waals surface area contributed by atoms with Gasteiger partial charge in [0.15, 0.2) is 0 Å². The van der Waals surface area contributed by atoms with Crippen molar-refractivity contribution < 1.29 is 4.74 Å². The Bertz CT molecular complexity index is 423. The van der Waals surface area contributed by atoms with Crippen LogP contribution in [0.1, 0.15) is 49.4 Å². The number of fused-ring (bicyclic) bond motifs is 1. The zero-order valence-electron chi connectivity index (χ0n) is 11.3. The summed E-state index contributed by atoms with van der Waals surface area (Å²) in [4.78, 5) is 7.25. The molecule has 0 spiro atoms. The van der Waals surface area contributed by atoms with Crippen molar-refractivity contribution in [3.63, 3.8) is 0 Å². The van der Waals surface area contributed by atoms with Gasteiger partial charge in [0, 0.05) is 18.0 Å². The van der Waals surface area contributed by atoms with E-state index in [9.17, 15) is 0 Å². The molecule has 1 aromatic heterocycles. The van der Waals surface area contributed by atoms with Crippen LogP contribution in [-0.2, 0) is 10.6 Å². The molecular weight excluding hydrogens is 280 g/mol. The van der Waals surface area contributed by atoms with Crippen LogP contribution in [0.4, 0.5) is 0 Å². The number of hydrogen-bond acceptors (Lipinski definition) is 4. The van der Waals surface area contributed by atoms with Crippen LogP contribution in [0.25, 0.3) is 0 Å². The molecule has 0 amide bonds. The fourth-order valence-electron chi connectivity index (χ4n) is 3.33. The summed E-state index contributed by atoms with van der Waals surface area (Å²) in [5.74, 6) is 0.512. The normalized spacial score (nSPS) is 30.0. The largest absolute Gasteiger partial charge is 0.375 e. The number of hydrogen-bond donors (Lipinski definition) is 0. The highest BCUT2D eigenvalue weighted by molar-refractivity contribution is 7.09. The van der Waals surface area contributed by atoms with E-state index in [0.29, 0.717) is 24.1 Å². The maximum absolute atomic E-state index is 5.94. The average molecular weight is 301 g/mol. The zero-order chi connectivity index (χ0) is 13.2. The maximum Gasteiger partial charge on any atom is 0.110 e. The number of aromatic nitrogens is 1. The van der Waals surface area contributed by atoms with Crippen molar-refractivity contribution in [1.82, 2.24) is 9.88 Å². The first-order chi connectivity index (χ1) is 9.29. The topological polar surface area (TPSA) is 25.4 Å². The standard InChI is InChI=1S/C14H21ClN2OS/c1-10(14-16-11(8-15)9-19-14)17-6-7-18-13-5-3-2-4-12(13)17/h9-10,12-13H,2-8H2,1H3. The van der Waals surface area contributed by atoms with Crippen LogP contribution in [0.3, 0.4) is 0 Å². The summed E-state index contributed by atoms with van der Waals surface area (Å²) in [6.45, 7) is 4.16. The number of thiazole rings is 1. The third-order valence-corrected chi connectivity index (χ3v) is 5.67. The van der Waals surface area contributed by atoms with E-state index < -0.39 is 0 Å². The second-order valence-corrected chi connectivity index (χ2v) is 6.64. The molecule has 1 aliphatic carbocycles. The average Bonchev–Trinajstić information content (AvgIpc) is 2.95. The smallest absolute Gasteiger partial charge is 0.110 e. The molecule has 1 saturated heterocycles. The van der Waals surface area contributed by atoms with Crippen molar-refractivity contribution in [3.8, 4) is 0 Å². The Morgan fingerprint density at radius 1 is 1.53 bits per heavy atom. The minimum atomic E-state index is 0.386. The molecule has 2 fully saturated rings. The van der Waals surface area contributed by atoms with Gasteiger partial charge in [-0.1, -0.05) is 12.8 Å². The molecular formula is C14H21ClN2OS. The number of ether oxygens (including phenoxy) is 1. The molecule has 2 heterocycles. The monoisotopic (exact) mass is 300 g/mol. The molecule has 3 atom stereocenters. The summed E-state index contributed by atoms with van der Waals surface area (Å²) >= 11 is 7.59. The Kier molecular flexibility index (Phi) is 4.42. The van der Waals surface area contributed by atoms with E-state index in [0.717, 1.165) is 18.8 Å². The van der Waals surface area contributed by atoms with Gasteiger partial charge in [-0.05, 0) is 19.8 Å². The molecule has 1 saturated carbocycles. The second kappa shape index (κ2) is 6.08. The van der Waals surface area contributed by atoms with Gasteiger partial charge < -0.3 is 4.74 Å². The van der Waals surface area contributed by atoms with Crippen molar-refractivity contribution in [2.45, 2.75) is 56.7 Å². The minimum absolute atomic E-state index is 0.386. The van der Waals surface area contributed by atoms with Gasteiger partial charge in [0.2, 0.25) is 0 Å². The first-order valence-corrected chi connectivity index (χ1v) is 8.58. The van der Waals surface area contributed by atoms with Crippen LogP contribution in [0.5, 0.6) is 0 Å². The van der Waals surface area contributed by atoms with Gasteiger partial charge in [-0.2, -0.15) is 0 Å². The van der Waals surface area contributed by atoms with E-state index >= 15 is 0 Å². The zero-order valence-corrected chi connectivity index (χ0v) is 12.9. The highest BCUT2D eigenvalue weighted by atomic mass is 35.5. The minimum Gasteiger partial charge on any atom is -0.375 e. The van der Waals surface area contributed by atoms with Crippen molar-refractivity contribution >= 4 is 22.9 Å². The lowest BCUT2D eigenvalue weighted by atomic mass is 9.89. The van der Waals surface area contributed by atoms with Gasteiger partial charge in [-0.25, -0.2) is 4.98 Å². The lowest BCUT2D eigenvalue weighted by Crippen LogP contribution is -2.53. The van der Waals surface area contributed by atoms with E-state index in [1.54, 1.807) is 11.3 Å². The van der Waals surface area contributed by atoms with Gasteiger partial charge in [-0.15, -0.1) is 22.9 Å². The summed E-state index contributed by atoms with van der Waals surface area (Å²) in [6, 6.07) is 0.970. The Labute approximate surface area is 123 Å². The van der Waals surface area contributed by atoms with Crippen LogP contribution < -0.4 is 0 Å². The second-order valence-electron chi connectivity index (χ2n) is 5.49. The lowest BCUT2D eigenvalue weighted by Gasteiger charge is -2.46. The van der Waals surface area contributed by atoms with Crippen molar-refractivity contribution in [2.24, 2.45) is 0 Å². The van der Waals surface area contributed by atoms with E-state index in [4.69, 9.17) is 16.3 Å². The fraction of sp³-hybridized carbons (Fsp3) is 0.786. The molecule has 3 rings (SSSR count). The summed E-state index contributed by atoms with van der Waals surface area (Å²) in [6.07, 6.45) is 5.58. The molecule has 0 aromatic carbocycles. The first kappa shape index (κ1) is 13.8. The van der Waals surface area contributed by atoms with E-state index in [2.05, 4.69) is 22.2 Å². The highest BCUT2D eigenvalue weighted by Gasteiger charge is 2.37. The molecule has 3 nitrogen and oxygen atoms in total. The van der Waals surface area contributed by atoms with Crippen LogP contribution in [-0.4, -0.2) is 35.2 Å². The molecule has 1 aliphatic heterocycles. The van der Waals surface area contributed by atoms with Gasteiger partial charge in [0.1, 0.15) is 5.01 Å². The predicted octanol–water partition coefficient (Wildman–Crippen LogP) is 3.59. The highest BCUT2D eigenvalue weighted by Crippen LogP contribution is 2.34. The molecule has 2 aliphatic rings. The van der Waals surface area contributed by atoms with Crippen molar-refractivity contribution in [1.29, 1.82) is 0 Å². The van der Waals surface area contributed by atoms with Crippen LogP contribution >= 0.6 is 22.9 Å². The Balaban J connectivity index is 1.75. The summed E-state index contributed by atoms with van der Waals surface area (Å²) in [5, 5.41) is 3.28. The third-order valence-electron chi connectivity index (χ3n) is 4.34. The number of nitrogens with zero attached hydrogens (tertiary/aromatic N) is 2. The maximum atomic E-state index is 5.94. The Morgan fingerprint density at radius 3 is 3.16 bits per heavy atom. The molecule has 106 valence electrons. The number of halogens is 1. The third kappa shape index (κ3) is 2.82. The number of rotatable bonds is 3. The van der Waals surface area contributed by atoms with E-state index in [1.165, 1.54) is 30.7 Å². The summed E-state index contributed by atoms with van der Waals surface area (Å²) in [5.41, 5.74) is 1.00. The first-order valence-electron chi connectivity index (χ1n) is 7.17. The lowest BCUT2D eigenvalue weighted by molar-refractivity contribution is -0.101. The molecule has 0 radical (unpaired) electrons. The molecule has 0 N–H and O–H groups in total. The molecule has 0 bridgehead atoms. The van der Waals surface area contributed by atoms with Crippen LogP contribution in [0, 0.1) is 0 Å². The van der Waals surface area contributed by atoms with Gasteiger partial charge >= 0.3 is 0 Å². The Hall–Kier alpha value is -0.160. The predicted molar refractivity (Wildman–Crippen MR) is 78.8 cm³/mol. The van der Waals surface area contributed by atoms with Gasteiger partial charge in [-0.3, -0.25) is 4.90 Å². The quantitative estimate of drug-likeness (QED) is 0.798. The van der Waals surface area contributed by atoms with Crippen molar-refractivity contribution in [3.05, 3.63) is 16.1 Å².